The fourth-order valence-corrected chi connectivity index (χ4v) is 1.68. The van der Waals surface area contributed by atoms with E-state index in [2.05, 4.69) is 5.32 Å². The normalized spacial score (nSPS) is 14.2. The van der Waals surface area contributed by atoms with Gasteiger partial charge < -0.3 is 18.3 Å². The minimum absolute atomic E-state index is 0. The van der Waals surface area contributed by atoms with E-state index in [0.29, 0.717) is 24.2 Å². The summed E-state index contributed by atoms with van der Waals surface area (Å²) in [5.74, 6) is 0. The quantitative estimate of drug-likeness (QED) is 0.586. The predicted molar refractivity (Wildman–Crippen MR) is 47.3 cm³/mol. The molecule has 0 saturated carbocycles. The molecular formula is C8H8BF3KN. The third kappa shape index (κ3) is 2.36. The van der Waals surface area contributed by atoms with E-state index in [9.17, 15) is 12.9 Å². The smallest absolute Gasteiger partial charge is 0.445 e. The van der Waals surface area contributed by atoms with Crippen LogP contribution in [0.25, 0.3) is 0 Å². The average molecular weight is 225 g/mol. The number of rotatable bonds is 1. The summed E-state index contributed by atoms with van der Waals surface area (Å²) >= 11 is 0. The van der Waals surface area contributed by atoms with Crippen LogP contribution in [-0.4, -0.2) is 13.5 Å². The van der Waals surface area contributed by atoms with E-state index in [0.717, 1.165) is 6.07 Å². The van der Waals surface area contributed by atoms with Gasteiger partial charge in [0, 0.05) is 12.2 Å². The van der Waals surface area contributed by atoms with E-state index < -0.39 is 12.4 Å². The summed E-state index contributed by atoms with van der Waals surface area (Å²) in [7, 11) is 0. The molecule has 1 aliphatic heterocycles. The molecule has 6 heteroatoms. The summed E-state index contributed by atoms with van der Waals surface area (Å²) in [6, 6.07) is 4.29. The van der Waals surface area contributed by atoms with Gasteiger partial charge in [-0.1, -0.05) is 12.1 Å². The number of hydrogen-bond acceptors (Lipinski definition) is 1. The second-order valence-electron chi connectivity index (χ2n) is 3.12. The molecule has 14 heavy (non-hydrogen) atoms. The Bertz CT molecular complexity index is 340. The largest absolute Gasteiger partial charge is 1.00 e. The molecule has 1 nitrogen and oxygen atoms in total. The van der Waals surface area contributed by atoms with Crippen LogP contribution in [0, 0.1) is 0 Å². The van der Waals surface area contributed by atoms with E-state index in [4.69, 9.17) is 0 Å². The fraction of sp³-hybridized carbons (Fsp3) is 0.250. The molecule has 0 fully saturated rings. The SMILES string of the molecule is F[B-](F)(F)c1cccc2c1CCN2.[K+]. The third-order valence-electron chi connectivity index (χ3n) is 2.26. The molecule has 0 atom stereocenters. The molecule has 0 amide bonds. The van der Waals surface area contributed by atoms with Crippen LogP contribution in [0.15, 0.2) is 18.2 Å². The number of hydrogen-bond donors (Lipinski definition) is 1. The number of anilines is 1. The van der Waals surface area contributed by atoms with Gasteiger partial charge in [-0.25, -0.2) is 0 Å². The zero-order valence-electron chi connectivity index (χ0n) is 7.86. The van der Waals surface area contributed by atoms with Gasteiger partial charge in [0.15, 0.2) is 0 Å². The maximum atomic E-state index is 12.5. The van der Waals surface area contributed by atoms with E-state index >= 15 is 0 Å². The van der Waals surface area contributed by atoms with Crippen LogP contribution in [0.3, 0.4) is 0 Å². The van der Waals surface area contributed by atoms with Crippen LogP contribution in [-0.2, 0) is 6.42 Å². The first-order valence-corrected chi connectivity index (χ1v) is 4.14. The Hall–Kier alpha value is 0.511. The molecule has 1 aromatic rings. The second-order valence-corrected chi connectivity index (χ2v) is 3.12. The molecule has 2 rings (SSSR count). The van der Waals surface area contributed by atoms with Crippen molar-refractivity contribution < 1.29 is 64.3 Å². The van der Waals surface area contributed by atoms with Gasteiger partial charge in [0.1, 0.15) is 0 Å². The van der Waals surface area contributed by atoms with Crippen LogP contribution in [0.2, 0.25) is 0 Å². The van der Waals surface area contributed by atoms with Crippen molar-refractivity contribution in [1.29, 1.82) is 0 Å². The Labute approximate surface area is 123 Å². The Morgan fingerprint density at radius 1 is 1.21 bits per heavy atom. The van der Waals surface area contributed by atoms with Crippen molar-refractivity contribution in [1.82, 2.24) is 0 Å². The molecule has 70 valence electrons. The topological polar surface area (TPSA) is 12.0 Å². The van der Waals surface area contributed by atoms with Gasteiger partial charge in [0.05, 0.1) is 0 Å². The van der Waals surface area contributed by atoms with E-state index in [1.54, 1.807) is 6.07 Å². The van der Waals surface area contributed by atoms with Gasteiger partial charge in [0.25, 0.3) is 0 Å². The Morgan fingerprint density at radius 3 is 2.57 bits per heavy atom. The van der Waals surface area contributed by atoms with Gasteiger partial charge in [-0.05, 0) is 18.1 Å². The Balaban J connectivity index is 0.000000980. The zero-order valence-corrected chi connectivity index (χ0v) is 11.0. The van der Waals surface area contributed by atoms with Crippen molar-refractivity contribution in [3.05, 3.63) is 23.8 Å². The Kier molecular flexibility index (Phi) is 4.11. The molecule has 0 aromatic heterocycles. The predicted octanol–water partition coefficient (Wildman–Crippen LogP) is -1.29. The first-order valence-electron chi connectivity index (χ1n) is 4.14. The zero-order chi connectivity index (χ0) is 9.47. The van der Waals surface area contributed by atoms with Gasteiger partial charge >= 0.3 is 58.4 Å². The minimum Gasteiger partial charge on any atom is -0.445 e. The first kappa shape index (κ1) is 12.6. The summed E-state index contributed by atoms with van der Waals surface area (Å²) in [5.41, 5.74) is 0.620. The second kappa shape index (κ2) is 4.57. The summed E-state index contributed by atoms with van der Waals surface area (Å²) in [6.45, 7) is -4.25. The Morgan fingerprint density at radius 2 is 1.93 bits per heavy atom. The van der Waals surface area contributed by atoms with Crippen LogP contribution in [0.5, 0.6) is 0 Å². The van der Waals surface area contributed by atoms with Gasteiger partial charge in [-0.3, -0.25) is 0 Å². The van der Waals surface area contributed by atoms with Crippen LogP contribution in [0.4, 0.5) is 18.6 Å². The molecular weight excluding hydrogens is 217 g/mol. The summed E-state index contributed by atoms with van der Waals surface area (Å²) in [5, 5.41) is 2.92. The number of nitrogens with one attached hydrogen (secondary N) is 1. The van der Waals surface area contributed by atoms with Crippen molar-refractivity contribution in [2.75, 3.05) is 11.9 Å². The molecule has 0 radical (unpaired) electrons. The average Bonchev–Trinajstić information content (AvgIpc) is 2.48. The van der Waals surface area contributed by atoms with Gasteiger partial charge in [-0.15, -0.1) is 5.46 Å². The molecule has 0 aliphatic carbocycles. The summed E-state index contributed by atoms with van der Waals surface area (Å²) in [4.78, 5) is 0. The molecule has 1 N–H and O–H groups in total. The first-order chi connectivity index (χ1) is 6.09. The maximum Gasteiger partial charge on any atom is 1.00 e. The molecule has 0 bridgehead atoms. The molecule has 1 aromatic carbocycles. The van der Waals surface area contributed by atoms with Gasteiger partial charge in [-0.2, -0.15) is 0 Å². The van der Waals surface area contributed by atoms with Crippen LogP contribution in [0.1, 0.15) is 5.56 Å². The molecule has 0 unspecified atom stereocenters. The molecule has 1 heterocycles. The van der Waals surface area contributed by atoms with Crippen molar-refractivity contribution in [2.24, 2.45) is 0 Å². The summed E-state index contributed by atoms with van der Waals surface area (Å²) in [6.07, 6.45) is 0.479. The van der Waals surface area contributed by atoms with Crippen molar-refractivity contribution in [2.45, 2.75) is 6.42 Å². The van der Waals surface area contributed by atoms with E-state index in [1.165, 1.54) is 6.07 Å². The van der Waals surface area contributed by atoms with Crippen LogP contribution >= 0.6 is 0 Å². The maximum absolute atomic E-state index is 12.5. The fourth-order valence-electron chi connectivity index (χ4n) is 1.68. The standard InChI is InChI=1S/C8H8BF3N.K/c10-9(11,12)7-2-1-3-8-6(7)4-5-13-8;/h1-3,13H,4-5H2;/q-1;+1. The van der Waals surface area contributed by atoms with Crippen molar-refractivity contribution in [3.8, 4) is 0 Å². The molecule has 0 saturated heterocycles. The molecule has 1 aliphatic rings. The van der Waals surface area contributed by atoms with E-state index in [-0.39, 0.29) is 51.4 Å². The van der Waals surface area contributed by atoms with E-state index in [1.807, 2.05) is 0 Å². The van der Waals surface area contributed by atoms with Gasteiger partial charge in [0.2, 0.25) is 0 Å². The van der Waals surface area contributed by atoms with Crippen molar-refractivity contribution in [3.63, 3.8) is 0 Å². The monoisotopic (exact) mass is 225 g/mol. The minimum atomic E-state index is -4.86. The number of benzene rings is 1. The third-order valence-corrected chi connectivity index (χ3v) is 2.26. The summed E-state index contributed by atoms with van der Waals surface area (Å²) < 4.78 is 37.4. The van der Waals surface area contributed by atoms with Crippen molar-refractivity contribution >= 4 is 18.1 Å². The van der Waals surface area contributed by atoms with Crippen LogP contribution < -0.4 is 62.2 Å². The number of halogens is 3. The molecule has 0 spiro atoms. The number of fused-ring (bicyclic) bond motifs is 1.